The van der Waals surface area contributed by atoms with Crippen LogP contribution in [0.5, 0.6) is 0 Å². The van der Waals surface area contributed by atoms with E-state index in [0.29, 0.717) is 10.7 Å². The van der Waals surface area contributed by atoms with Crippen molar-refractivity contribution in [3.63, 3.8) is 0 Å². The van der Waals surface area contributed by atoms with Gasteiger partial charge in [-0.25, -0.2) is 14.8 Å². The minimum Gasteiger partial charge on any atom is -0.449 e. The first kappa shape index (κ1) is 19.3. The van der Waals surface area contributed by atoms with E-state index < -0.39 is 18.0 Å². The summed E-state index contributed by atoms with van der Waals surface area (Å²) >= 11 is 4.70. The van der Waals surface area contributed by atoms with Gasteiger partial charge in [0, 0.05) is 15.4 Å². The normalized spacial score (nSPS) is 11.9. The molecule has 9 heteroatoms. The molecular weight excluding hydrogens is 456 g/mol. The third-order valence-corrected chi connectivity index (χ3v) is 5.47. The second-order valence-electron chi connectivity index (χ2n) is 6.22. The molecule has 2 heterocycles. The summed E-state index contributed by atoms with van der Waals surface area (Å²) in [6, 6.07) is 12.7. The van der Waals surface area contributed by atoms with Crippen LogP contribution in [0.1, 0.15) is 17.3 Å². The third-order valence-electron chi connectivity index (χ3n) is 4.18. The number of amides is 1. The molecule has 2 aromatic carbocycles. The van der Waals surface area contributed by atoms with E-state index in [2.05, 4.69) is 36.2 Å². The number of hydrogen-bond acceptors (Lipinski definition) is 6. The maximum atomic E-state index is 12.4. The highest BCUT2D eigenvalue weighted by Crippen LogP contribution is 2.26. The Kier molecular flexibility index (Phi) is 5.41. The van der Waals surface area contributed by atoms with Crippen LogP contribution in [-0.2, 0) is 9.53 Å². The van der Waals surface area contributed by atoms with Gasteiger partial charge in [0.1, 0.15) is 0 Å². The number of hydrogen-bond donors (Lipinski definition) is 2. The number of carbonyl (C=O) groups is 2. The quantitative estimate of drug-likeness (QED) is 0.414. The third kappa shape index (κ3) is 4.36. The molecule has 0 radical (unpaired) electrons. The van der Waals surface area contributed by atoms with Crippen molar-refractivity contribution in [2.75, 3.05) is 5.32 Å². The van der Waals surface area contributed by atoms with Crippen LogP contribution in [0.25, 0.3) is 22.3 Å². The Morgan fingerprint density at radius 3 is 2.79 bits per heavy atom. The predicted molar refractivity (Wildman–Crippen MR) is 115 cm³/mol. The number of esters is 1. The van der Waals surface area contributed by atoms with Crippen molar-refractivity contribution in [2.24, 2.45) is 0 Å². The summed E-state index contributed by atoms with van der Waals surface area (Å²) in [5.41, 5.74) is 3.51. The van der Waals surface area contributed by atoms with Crippen LogP contribution in [0.4, 0.5) is 5.13 Å². The van der Waals surface area contributed by atoms with Gasteiger partial charge in [-0.05, 0) is 37.3 Å². The van der Waals surface area contributed by atoms with Crippen LogP contribution in [0.15, 0.2) is 58.6 Å². The number of H-pyrrole nitrogens is 1. The largest absolute Gasteiger partial charge is 0.449 e. The zero-order chi connectivity index (χ0) is 20.4. The van der Waals surface area contributed by atoms with Crippen molar-refractivity contribution in [3.8, 4) is 11.3 Å². The lowest BCUT2D eigenvalue weighted by Crippen LogP contribution is -2.29. The minimum absolute atomic E-state index is 0.341. The zero-order valence-electron chi connectivity index (χ0n) is 15.2. The fourth-order valence-electron chi connectivity index (χ4n) is 2.64. The van der Waals surface area contributed by atoms with Gasteiger partial charge >= 0.3 is 5.97 Å². The SMILES string of the molecule is CC(OC(=O)c1ccc2nc[nH]c2c1)C(=O)Nc1nc(-c2ccc(Br)cc2)cs1. The zero-order valence-corrected chi connectivity index (χ0v) is 17.6. The molecule has 146 valence electrons. The van der Waals surface area contributed by atoms with Crippen molar-refractivity contribution < 1.29 is 14.3 Å². The first-order chi connectivity index (χ1) is 14.0. The molecule has 0 spiro atoms. The molecule has 0 saturated heterocycles. The van der Waals surface area contributed by atoms with E-state index in [-0.39, 0.29) is 0 Å². The van der Waals surface area contributed by atoms with Gasteiger partial charge in [0.05, 0.1) is 28.6 Å². The first-order valence-electron chi connectivity index (χ1n) is 8.66. The molecule has 2 aromatic heterocycles. The highest BCUT2D eigenvalue weighted by molar-refractivity contribution is 9.10. The van der Waals surface area contributed by atoms with E-state index in [1.54, 1.807) is 24.5 Å². The molecule has 0 bridgehead atoms. The number of rotatable bonds is 5. The molecule has 1 amide bonds. The fourth-order valence-corrected chi connectivity index (χ4v) is 3.62. The summed E-state index contributed by atoms with van der Waals surface area (Å²) in [5.74, 6) is -1.03. The lowest BCUT2D eigenvalue weighted by molar-refractivity contribution is -0.123. The Morgan fingerprint density at radius 1 is 1.21 bits per heavy atom. The number of aromatic nitrogens is 3. The Bertz CT molecular complexity index is 1190. The Balaban J connectivity index is 1.39. The van der Waals surface area contributed by atoms with E-state index in [1.165, 1.54) is 18.3 Å². The van der Waals surface area contributed by atoms with Crippen molar-refractivity contribution in [3.05, 3.63) is 64.2 Å². The van der Waals surface area contributed by atoms with Crippen LogP contribution < -0.4 is 5.32 Å². The van der Waals surface area contributed by atoms with Crippen LogP contribution in [0.2, 0.25) is 0 Å². The number of nitrogens with zero attached hydrogens (tertiary/aromatic N) is 2. The summed E-state index contributed by atoms with van der Waals surface area (Å²) in [6.07, 6.45) is 0.576. The van der Waals surface area contributed by atoms with E-state index >= 15 is 0 Å². The highest BCUT2D eigenvalue weighted by Gasteiger charge is 2.20. The van der Waals surface area contributed by atoms with E-state index in [4.69, 9.17) is 4.74 Å². The smallest absolute Gasteiger partial charge is 0.338 e. The summed E-state index contributed by atoms with van der Waals surface area (Å²) in [7, 11) is 0. The van der Waals surface area contributed by atoms with Gasteiger partial charge in [0.2, 0.25) is 0 Å². The molecule has 7 nitrogen and oxygen atoms in total. The monoisotopic (exact) mass is 470 g/mol. The number of halogens is 1. The van der Waals surface area contributed by atoms with Crippen LogP contribution in [-0.4, -0.2) is 32.9 Å². The molecule has 0 aliphatic rings. The summed E-state index contributed by atoms with van der Waals surface area (Å²) < 4.78 is 6.27. The van der Waals surface area contributed by atoms with E-state index in [9.17, 15) is 9.59 Å². The van der Waals surface area contributed by atoms with Gasteiger partial charge in [0.15, 0.2) is 11.2 Å². The molecule has 29 heavy (non-hydrogen) atoms. The van der Waals surface area contributed by atoms with Crippen LogP contribution in [0, 0.1) is 0 Å². The first-order valence-corrected chi connectivity index (χ1v) is 10.3. The lowest BCUT2D eigenvalue weighted by Gasteiger charge is -2.12. The maximum absolute atomic E-state index is 12.4. The molecule has 4 aromatic rings. The second-order valence-corrected chi connectivity index (χ2v) is 7.99. The van der Waals surface area contributed by atoms with Gasteiger partial charge in [-0.15, -0.1) is 11.3 Å². The van der Waals surface area contributed by atoms with Gasteiger partial charge < -0.3 is 9.72 Å². The number of anilines is 1. The van der Waals surface area contributed by atoms with Gasteiger partial charge in [-0.3, -0.25) is 10.1 Å². The molecule has 4 rings (SSSR count). The molecule has 0 aliphatic heterocycles. The lowest BCUT2D eigenvalue weighted by atomic mass is 10.2. The average Bonchev–Trinajstić information content (AvgIpc) is 3.37. The Labute approximate surface area is 178 Å². The fraction of sp³-hybridized carbons (Fsp3) is 0.100. The number of aromatic amines is 1. The van der Waals surface area contributed by atoms with Crippen molar-refractivity contribution in [1.29, 1.82) is 0 Å². The maximum Gasteiger partial charge on any atom is 0.338 e. The van der Waals surface area contributed by atoms with Crippen LogP contribution in [0.3, 0.4) is 0 Å². The molecule has 2 N–H and O–H groups in total. The number of nitrogens with one attached hydrogen (secondary N) is 2. The van der Waals surface area contributed by atoms with Crippen molar-refractivity contribution >= 4 is 55.3 Å². The molecule has 1 atom stereocenters. The number of fused-ring (bicyclic) bond motifs is 1. The van der Waals surface area contributed by atoms with Crippen molar-refractivity contribution in [2.45, 2.75) is 13.0 Å². The minimum atomic E-state index is -0.972. The molecule has 0 fully saturated rings. The number of imidazole rings is 1. The topological polar surface area (TPSA) is 97.0 Å². The predicted octanol–water partition coefficient (Wildman–Crippen LogP) is 4.63. The molecule has 0 aliphatic carbocycles. The number of benzene rings is 2. The van der Waals surface area contributed by atoms with Gasteiger partial charge in [0.25, 0.3) is 5.91 Å². The Morgan fingerprint density at radius 2 is 2.00 bits per heavy atom. The average molecular weight is 471 g/mol. The van der Waals surface area contributed by atoms with E-state index in [1.807, 2.05) is 29.6 Å². The molecule has 1 unspecified atom stereocenters. The standard InChI is InChI=1S/C20H15BrN4O3S/c1-11(28-19(27)13-4-7-15-16(8-13)23-10-22-15)18(26)25-20-24-17(9-29-20)12-2-5-14(21)6-3-12/h2-11H,1H3,(H,22,23)(H,24,25,26). The summed E-state index contributed by atoms with van der Waals surface area (Å²) in [6.45, 7) is 1.52. The second kappa shape index (κ2) is 8.14. The highest BCUT2D eigenvalue weighted by atomic mass is 79.9. The summed E-state index contributed by atoms with van der Waals surface area (Å²) in [4.78, 5) is 36.2. The van der Waals surface area contributed by atoms with Crippen molar-refractivity contribution in [1.82, 2.24) is 15.0 Å². The molecular formula is C20H15BrN4O3S. The Hall–Kier alpha value is -3.04. The van der Waals surface area contributed by atoms with Gasteiger partial charge in [-0.2, -0.15) is 0 Å². The number of thiazole rings is 1. The van der Waals surface area contributed by atoms with Crippen LogP contribution >= 0.6 is 27.3 Å². The summed E-state index contributed by atoms with van der Waals surface area (Å²) in [5, 5.41) is 4.99. The van der Waals surface area contributed by atoms with E-state index in [0.717, 1.165) is 26.8 Å². The number of ether oxygens (including phenoxy) is 1. The molecule has 0 saturated carbocycles. The number of carbonyl (C=O) groups excluding carboxylic acids is 2. The van der Waals surface area contributed by atoms with Gasteiger partial charge in [-0.1, -0.05) is 28.1 Å².